The number of aliphatic hydroxyl groups is 1. The molecule has 4 heteroatoms. The first-order valence-corrected chi connectivity index (χ1v) is 8.39. The molecule has 0 spiro atoms. The van der Waals surface area contributed by atoms with Crippen LogP contribution in [0.1, 0.15) is 30.9 Å². The van der Waals surface area contributed by atoms with Crippen molar-refractivity contribution in [2.24, 2.45) is 0 Å². The Balaban J connectivity index is 1.90. The molecule has 0 radical (unpaired) electrons. The molecule has 25 heavy (non-hydrogen) atoms. The normalized spacial score (nSPS) is 13.5. The van der Waals surface area contributed by atoms with E-state index in [0.29, 0.717) is 19.3 Å². The van der Waals surface area contributed by atoms with Crippen molar-refractivity contribution in [1.29, 1.82) is 0 Å². The second kappa shape index (κ2) is 9.64. The van der Waals surface area contributed by atoms with E-state index in [9.17, 15) is 15.0 Å². The van der Waals surface area contributed by atoms with E-state index < -0.39 is 6.10 Å². The number of aryl methyl sites for hydroxylation is 1. The second-order valence-corrected chi connectivity index (χ2v) is 6.01. The lowest BCUT2D eigenvalue weighted by Gasteiger charge is -2.19. The number of hydrogen-bond donors (Lipinski definition) is 2. The summed E-state index contributed by atoms with van der Waals surface area (Å²) in [6, 6.07) is 16.7. The summed E-state index contributed by atoms with van der Waals surface area (Å²) in [6.07, 6.45) is 4.18. The van der Waals surface area contributed by atoms with Crippen LogP contribution in [0.4, 0.5) is 0 Å². The van der Waals surface area contributed by atoms with Crippen molar-refractivity contribution in [3.8, 4) is 5.75 Å². The van der Waals surface area contributed by atoms with E-state index in [1.54, 1.807) is 18.2 Å². The van der Waals surface area contributed by atoms with Gasteiger partial charge < -0.3 is 14.9 Å². The van der Waals surface area contributed by atoms with Gasteiger partial charge in [-0.05, 0) is 36.1 Å². The number of carbonyl (C=O) groups excluding carboxylic acids is 1. The fourth-order valence-electron chi connectivity index (χ4n) is 2.58. The zero-order valence-corrected chi connectivity index (χ0v) is 14.3. The summed E-state index contributed by atoms with van der Waals surface area (Å²) in [5.74, 6) is -0.128. The van der Waals surface area contributed by atoms with Gasteiger partial charge in [0.05, 0.1) is 6.10 Å². The van der Waals surface area contributed by atoms with E-state index in [1.807, 2.05) is 48.5 Å². The summed E-state index contributed by atoms with van der Waals surface area (Å²) >= 11 is 0. The maximum absolute atomic E-state index is 11.3. The number of aliphatic hydroxyl groups excluding tert-OH is 1. The van der Waals surface area contributed by atoms with Crippen molar-refractivity contribution in [1.82, 2.24) is 0 Å². The number of carbonyl (C=O) groups is 1. The topological polar surface area (TPSA) is 66.8 Å². The minimum absolute atomic E-state index is 0.224. The van der Waals surface area contributed by atoms with E-state index >= 15 is 0 Å². The molecule has 0 saturated carbocycles. The molecule has 0 bridgehead atoms. The maximum Gasteiger partial charge on any atom is 0.302 e. The summed E-state index contributed by atoms with van der Waals surface area (Å²) in [5.41, 5.74) is 2.05. The Kier molecular flexibility index (Phi) is 7.23. The summed E-state index contributed by atoms with van der Waals surface area (Å²) in [5, 5.41) is 19.5. The van der Waals surface area contributed by atoms with Gasteiger partial charge in [0.25, 0.3) is 0 Å². The minimum atomic E-state index is -0.690. The Hall–Kier alpha value is -2.59. The number of ether oxygens (including phenoxy) is 1. The highest BCUT2D eigenvalue weighted by Crippen LogP contribution is 2.16. The first-order chi connectivity index (χ1) is 12.0. The van der Waals surface area contributed by atoms with Gasteiger partial charge in [0.15, 0.2) is 0 Å². The summed E-state index contributed by atoms with van der Waals surface area (Å²) in [6.45, 7) is 1.37. The van der Waals surface area contributed by atoms with Crippen LogP contribution < -0.4 is 0 Å². The molecule has 4 nitrogen and oxygen atoms in total. The first kappa shape index (κ1) is 18.7. The van der Waals surface area contributed by atoms with Crippen molar-refractivity contribution in [3.63, 3.8) is 0 Å². The van der Waals surface area contributed by atoms with Crippen LogP contribution in [0, 0.1) is 0 Å². The SMILES string of the molecule is CC(=O)OC(CCc1ccc(O)cc1)CC(O)C=Cc1ccccc1. The van der Waals surface area contributed by atoms with E-state index in [4.69, 9.17) is 4.74 Å². The zero-order chi connectivity index (χ0) is 18.1. The van der Waals surface area contributed by atoms with Crippen molar-refractivity contribution in [2.45, 2.75) is 38.4 Å². The number of esters is 1. The Bertz CT molecular complexity index is 677. The molecule has 0 aromatic heterocycles. The molecule has 0 amide bonds. The van der Waals surface area contributed by atoms with Gasteiger partial charge in [-0.3, -0.25) is 4.79 Å². The fourth-order valence-corrected chi connectivity index (χ4v) is 2.58. The Morgan fingerprint density at radius 3 is 2.44 bits per heavy atom. The molecule has 0 saturated heterocycles. The lowest BCUT2D eigenvalue weighted by Crippen LogP contribution is -2.22. The van der Waals surface area contributed by atoms with Crippen LogP contribution >= 0.6 is 0 Å². The summed E-state index contributed by atoms with van der Waals surface area (Å²) in [7, 11) is 0. The van der Waals surface area contributed by atoms with E-state index in [-0.39, 0.29) is 17.8 Å². The number of phenols is 1. The maximum atomic E-state index is 11.3. The third-order valence-electron chi connectivity index (χ3n) is 3.84. The molecule has 2 aromatic carbocycles. The van der Waals surface area contributed by atoms with Gasteiger partial charge in [-0.2, -0.15) is 0 Å². The van der Waals surface area contributed by atoms with E-state index in [0.717, 1.165) is 11.1 Å². The van der Waals surface area contributed by atoms with Gasteiger partial charge in [-0.25, -0.2) is 0 Å². The third-order valence-corrected chi connectivity index (χ3v) is 3.84. The predicted octanol–water partition coefficient (Wildman–Crippen LogP) is 3.72. The molecule has 2 N–H and O–H groups in total. The van der Waals surface area contributed by atoms with Crippen molar-refractivity contribution in [2.75, 3.05) is 0 Å². The number of benzene rings is 2. The standard InChI is InChI=1S/C21H24O4/c1-16(22)25-21(14-10-18-7-11-19(23)12-8-18)15-20(24)13-9-17-5-3-2-4-6-17/h2-9,11-13,20-21,23-24H,10,14-15H2,1H3. The smallest absolute Gasteiger partial charge is 0.302 e. The van der Waals surface area contributed by atoms with Gasteiger partial charge >= 0.3 is 5.97 Å². The van der Waals surface area contributed by atoms with Gasteiger partial charge in [0, 0.05) is 13.3 Å². The van der Waals surface area contributed by atoms with Crippen LogP contribution in [0.2, 0.25) is 0 Å². The van der Waals surface area contributed by atoms with Gasteiger partial charge in [-0.15, -0.1) is 0 Å². The van der Waals surface area contributed by atoms with Crippen LogP contribution in [0.15, 0.2) is 60.7 Å². The number of aromatic hydroxyl groups is 1. The molecule has 0 aliphatic heterocycles. The highest BCUT2D eigenvalue weighted by atomic mass is 16.5. The van der Waals surface area contributed by atoms with Gasteiger partial charge in [-0.1, -0.05) is 54.6 Å². The monoisotopic (exact) mass is 340 g/mol. The Morgan fingerprint density at radius 1 is 1.12 bits per heavy atom. The molecule has 2 rings (SSSR count). The lowest BCUT2D eigenvalue weighted by atomic mass is 10.0. The largest absolute Gasteiger partial charge is 0.508 e. The van der Waals surface area contributed by atoms with Crippen LogP contribution in [-0.4, -0.2) is 28.4 Å². The predicted molar refractivity (Wildman–Crippen MR) is 98.1 cm³/mol. The highest BCUT2D eigenvalue weighted by Gasteiger charge is 2.16. The van der Waals surface area contributed by atoms with Crippen LogP contribution in [0.3, 0.4) is 0 Å². The summed E-state index contributed by atoms with van der Waals surface area (Å²) in [4.78, 5) is 11.3. The summed E-state index contributed by atoms with van der Waals surface area (Å²) < 4.78 is 5.34. The lowest BCUT2D eigenvalue weighted by molar-refractivity contribution is -0.147. The molecule has 2 unspecified atom stereocenters. The van der Waals surface area contributed by atoms with Crippen LogP contribution in [0.25, 0.3) is 6.08 Å². The second-order valence-electron chi connectivity index (χ2n) is 6.01. The van der Waals surface area contributed by atoms with E-state index in [1.165, 1.54) is 6.92 Å². The molecule has 0 aliphatic rings. The van der Waals surface area contributed by atoms with Crippen LogP contribution in [-0.2, 0) is 16.0 Å². The van der Waals surface area contributed by atoms with Crippen molar-refractivity contribution < 1.29 is 19.7 Å². The third kappa shape index (κ3) is 7.23. The van der Waals surface area contributed by atoms with Crippen LogP contribution in [0.5, 0.6) is 5.75 Å². The van der Waals surface area contributed by atoms with Gasteiger partial charge in [0.2, 0.25) is 0 Å². The Morgan fingerprint density at radius 2 is 1.80 bits per heavy atom. The first-order valence-electron chi connectivity index (χ1n) is 8.39. The van der Waals surface area contributed by atoms with Gasteiger partial charge in [0.1, 0.15) is 11.9 Å². The average Bonchev–Trinajstić information content (AvgIpc) is 2.60. The van der Waals surface area contributed by atoms with E-state index in [2.05, 4.69) is 0 Å². The minimum Gasteiger partial charge on any atom is -0.508 e. The molecule has 0 heterocycles. The van der Waals surface area contributed by atoms with Crippen molar-refractivity contribution >= 4 is 12.0 Å². The molecule has 0 fully saturated rings. The number of phenolic OH excluding ortho intramolecular Hbond substituents is 1. The quantitative estimate of drug-likeness (QED) is 0.719. The highest BCUT2D eigenvalue weighted by molar-refractivity contribution is 5.66. The van der Waals surface area contributed by atoms with Crippen molar-refractivity contribution in [3.05, 3.63) is 71.8 Å². The molecule has 2 atom stereocenters. The molecule has 0 aliphatic carbocycles. The Labute approximate surface area is 148 Å². The molecular formula is C21H24O4. The average molecular weight is 340 g/mol. The molecule has 2 aromatic rings. The fraction of sp³-hybridized carbons (Fsp3) is 0.286. The number of hydrogen-bond acceptors (Lipinski definition) is 4. The molecular weight excluding hydrogens is 316 g/mol. The molecule has 132 valence electrons. The number of rotatable bonds is 8. The zero-order valence-electron chi connectivity index (χ0n) is 14.3.